The monoisotopic (exact) mass is 549 g/mol. The predicted octanol–water partition coefficient (Wildman–Crippen LogP) is 3.03. The number of esters is 1. The van der Waals surface area contributed by atoms with Gasteiger partial charge in [0, 0.05) is 18.1 Å². The molecule has 10 nitrogen and oxygen atoms in total. The first-order valence-electron chi connectivity index (χ1n) is 13.8. The Morgan fingerprint density at radius 2 is 1.73 bits per heavy atom. The van der Waals surface area contributed by atoms with Crippen molar-refractivity contribution >= 4 is 40.5 Å². The maximum atomic E-state index is 13.2. The summed E-state index contributed by atoms with van der Waals surface area (Å²) in [6.45, 7) is 10.9. The second-order valence-corrected chi connectivity index (χ2v) is 11.6. The third-order valence-corrected chi connectivity index (χ3v) is 7.42. The van der Waals surface area contributed by atoms with E-state index in [1.807, 2.05) is 31.2 Å². The molecular weight excluding hydrogens is 510 g/mol. The molecule has 0 radical (unpaired) electrons. The predicted molar refractivity (Wildman–Crippen MR) is 151 cm³/mol. The zero-order valence-electron chi connectivity index (χ0n) is 24.0. The summed E-state index contributed by atoms with van der Waals surface area (Å²) < 4.78 is 5.69. The number of benzene rings is 1. The Kier molecular flexibility index (Phi) is 8.58. The average molecular weight is 550 g/mol. The number of amides is 3. The zero-order chi connectivity index (χ0) is 29.2. The smallest absolute Gasteiger partial charge is 0.316 e. The number of hydrogen-bond acceptors (Lipinski definition) is 7. The van der Waals surface area contributed by atoms with Gasteiger partial charge in [0.15, 0.2) is 6.10 Å². The Morgan fingerprint density at radius 1 is 1.00 bits per heavy atom. The Morgan fingerprint density at radius 3 is 2.45 bits per heavy atom. The zero-order valence-corrected chi connectivity index (χ0v) is 24.0. The molecule has 4 rings (SSSR count). The highest BCUT2D eigenvalue weighted by molar-refractivity contribution is 5.91. The number of ether oxygens (including phenoxy) is 1. The normalized spacial score (nSPS) is 26.4. The van der Waals surface area contributed by atoms with Gasteiger partial charge in [-0.2, -0.15) is 0 Å². The number of aromatic nitrogens is 1. The van der Waals surface area contributed by atoms with Crippen LogP contribution in [0.15, 0.2) is 36.5 Å². The van der Waals surface area contributed by atoms with E-state index in [1.165, 1.54) is 5.01 Å². The van der Waals surface area contributed by atoms with Gasteiger partial charge in [-0.25, -0.2) is 5.43 Å². The Labute approximate surface area is 234 Å². The van der Waals surface area contributed by atoms with Gasteiger partial charge in [0.25, 0.3) is 11.8 Å². The molecule has 0 aliphatic carbocycles. The topological polar surface area (TPSA) is 130 Å². The first kappa shape index (κ1) is 29.2. The third-order valence-electron chi connectivity index (χ3n) is 7.42. The molecule has 10 heteroatoms. The van der Waals surface area contributed by atoms with Gasteiger partial charge in [0.2, 0.25) is 5.91 Å². The van der Waals surface area contributed by atoms with Crippen LogP contribution in [0.5, 0.6) is 0 Å². The van der Waals surface area contributed by atoms with Crippen molar-refractivity contribution in [3.8, 4) is 0 Å². The summed E-state index contributed by atoms with van der Waals surface area (Å²) >= 11 is 0. The fourth-order valence-corrected chi connectivity index (χ4v) is 4.78. The number of pyridine rings is 1. The van der Waals surface area contributed by atoms with Crippen LogP contribution in [0, 0.1) is 11.3 Å². The molecule has 3 amide bonds. The van der Waals surface area contributed by atoms with Gasteiger partial charge in [0.05, 0.1) is 17.2 Å². The Hall–Kier alpha value is -3.79. The molecule has 2 aliphatic rings. The Balaban J connectivity index is 1.70. The molecule has 0 unspecified atom stereocenters. The van der Waals surface area contributed by atoms with Gasteiger partial charge in [0.1, 0.15) is 12.1 Å². The van der Waals surface area contributed by atoms with Crippen LogP contribution in [0.25, 0.3) is 16.8 Å². The highest BCUT2D eigenvalue weighted by Gasteiger charge is 2.36. The second-order valence-electron chi connectivity index (χ2n) is 11.6. The molecule has 1 saturated heterocycles. The lowest BCUT2D eigenvalue weighted by molar-refractivity contribution is -0.165. The summed E-state index contributed by atoms with van der Waals surface area (Å²) in [7, 11) is 0. The van der Waals surface area contributed by atoms with Crippen LogP contribution in [-0.4, -0.2) is 58.4 Å². The van der Waals surface area contributed by atoms with E-state index in [9.17, 15) is 19.2 Å². The van der Waals surface area contributed by atoms with E-state index in [1.54, 1.807) is 53.0 Å². The summed E-state index contributed by atoms with van der Waals surface area (Å²) in [6.07, 6.45) is 5.35. The van der Waals surface area contributed by atoms with Crippen LogP contribution in [0.4, 0.5) is 0 Å². The largest absolute Gasteiger partial charge is 0.451 e. The van der Waals surface area contributed by atoms with E-state index in [4.69, 9.17) is 4.74 Å². The number of rotatable bonds is 1. The molecule has 2 aromatic rings. The van der Waals surface area contributed by atoms with Crippen molar-refractivity contribution in [3.05, 3.63) is 47.8 Å². The van der Waals surface area contributed by atoms with E-state index in [0.717, 1.165) is 16.3 Å². The minimum absolute atomic E-state index is 0.208. The van der Waals surface area contributed by atoms with Gasteiger partial charge in [-0.3, -0.25) is 29.2 Å². The quantitative estimate of drug-likeness (QED) is 0.466. The average Bonchev–Trinajstić information content (AvgIpc) is 2.92. The molecule has 3 N–H and O–H groups in total. The van der Waals surface area contributed by atoms with Crippen molar-refractivity contribution in [3.63, 3.8) is 0 Å². The first-order valence-corrected chi connectivity index (χ1v) is 13.8. The molecule has 2 aliphatic heterocycles. The molecular formula is C30H39N5O5. The number of nitrogens with one attached hydrogen (secondary N) is 3. The molecule has 0 spiro atoms. The maximum Gasteiger partial charge on any atom is 0.316 e. The van der Waals surface area contributed by atoms with E-state index in [-0.39, 0.29) is 23.8 Å². The number of carbonyl (C=O) groups excluding carboxylic acids is 4. The molecule has 40 heavy (non-hydrogen) atoms. The van der Waals surface area contributed by atoms with Gasteiger partial charge < -0.3 is 15.4 Å². The number of cyclic esters (lactones) is 1. The minimum Gasteiger partial charge on any atom is -0.451 e. The highest BCUT2D eigenvalue weighted by Crippen LogP contribution is 2.25. The lowest BCUT2D eigenvalue weighted by Crippen LogP contribution is -2.61. The van der Waals surface area contributed by atoms with Gasteiger partial charge >= 0.3 is 5.97 Å². The summed E-state index contributed by atoms with van der Waals surface area (Å²) in [5, 5.41) is 9.03. The van der Waals surface area contributed by atoms with Crippen molar-refractivity contribution in [2.45, 2.75) is 78.6 Å². The molecule has 5 bridgehead atoms. The van der Waals surface area contributed by atoms with Crippen LogP contribution in [-0.2, 0) is 23.9 Å². The minimum atomic E-state index is -1.09. The van der Waals surface area contributed by atoms with E-state index in [2.05, 4.69) is 21.0 Å². The summed E-state index contributed by atoms with van der Waals surface area (Å²) in [5.74, 6) is -2.03. The fourth-order valence-electron chi connectivity index (χ4n) is 4.78. The van der Waals surface area contributed by atoms with Crippen molar-refractivity contribution in [2.24, 2.45) is 11.3 Å². The van der Waals surface area contributed by atoms with E-state index >= 15 is 0 Å². The number of nitrogens with zero attached hydrogens (tertiary/aromatic N) is 2. The number of carbonyl (C=O) groups is 4. The molecule has 3 heterocycles. The van der Waals surface area contributed by atoms with Gasteiger partial charge in [-0.1, -0.05) is 32.1 Å². The summed E-state index contributed by atoms with van der Waals surface area (Å²) in [6, 6.07) is 6.09. The molecule has 1 fully saturated rings. The molecule has 4 atom stereocenters. The standard InChI is InChI=1S/C30H39N5O5/c1-17(2)25-27(37)33-19(4)28(38)35-13-7-8-24(34-35)26(36)32-18(3)20-9-10-21-16-31-23(15-22(21)14-20)11-12-30(5,6)29(39)40-25/h9-12,14-19,24-25,34H,7-8,13H2,1-6H3,(H,32,36)(H,33,37)/t18-,19+,24+,25+/m1/s1. The van der Waals surface area contributed by atoms with Crippen molar-refractivity contribution < 1.29 is 23.9 Å². The van der Waals surface area contributed by atoms with Crippen LogP contribution < -0.4 is 16.1 Å². The van der Waals surface area contributed by atoms with Crippen LogP contribution >= 0.6 is 0 Å². The molecule has 1 aromatic carbocycles. The summed E-state index contributed by atoms with van der Waals surface area (Å²) in [4.78, 5) is 57.2. The highest BCUT2D eigenvalue weighted by atomic mass is 16.5. The van der Waals surface area contributed by atoms with Crippen molar-refractivity contribution in [2.75, 3.05) is 6.54 Å². The molecule has 0 saturated carbocycles. The third kappa shape index (κ3) is 6.50. The lowest BCUT2D eigenvalue weighted by Gasteiger charge is -2.35. The van der Waals surface area contributed by atoms with Gasteiger partial charge in [-0.05, 0) is 75.6 Å². The van der Waals surface area contributed by atoms with Crippen molar-refractivity contribution in [1.29, 1.82) is 0 Å². The first-order chi connectivity index (χ1) is 18.9. The number of fused-ring (bicyclic) bond motifs is 4. The van der Waals surface area contributed by atoms with Crippen LogP contribution in [0.1, 0.15) is 71.7 Å². The number of hydrazine groups is 1. The maximum absolute atomic E-state index is 13.2. The molecule has 1 aromatic heterocycles. The van der Waals surface area contributed by atoms with E-state index in [0.29, 0.717) is 25.1 Å². The van der Waals surface area contributed by atoms with Crippen LogP contribution in [0.2, 0.25) is 0 Å². The van der Waals surface area contributed by atoms with Gasteiger partial charge in [-0.15, -0.1) is 0 Å². The Bertz CT molecular complexity index is 1340. The van der Waals surface area contributed by atoms with E-state index < -0.39 is 35.5 Å². The second kappa shape index (κ2) is 11.8. The lowest BCUT2D eigenvalue weighted by atomic mass is 9.92. The SMILES string of the molecule is CC(C)[C@@H]1OC(=O)C(C)(C)C=Cc2cc3cc(ccc3cn2)[C@@H](C)NC(=O)[C@@H]2CCCN(N2)C(=O)[C@H](C)NC1=O. The number of hydrogen-bond donors (Lipinski definition) is 3. The van der Waals surface area contributed by atoms with Crippen LogP contribution in [0.3, 0.4) is 0 Å². The summed E-state index contributed by atoms with van der Waals surface area (Å²) in [5.41, 5.74) is 3.57. The van der Waals surface area contributed by atoms with Crippen molar-refractivity contribution in [1.82, 2.24) is 26.1 Å². The molecule has 214 valence electrons. The fraction of sp³-hybridized carbons (Fsp3) is 0.500.